The Hall–Kier alpha value is -5.09. The number of aliphatic hydroxyl groups excluding tert-OH is 1. The van der Waals surface area contributed by atoms with Gasteiger partial charge in [-0.15, -0.1) is 0 Å². The number of carbonyl (C=O) groups excluding carboxylic acids is 1. The minimum atomic E-state index is -1.37. The van der Waals surface area contributed by atoms with E-state index in [0.717, 1.165) is 50.3 Å². The molecule has 2 aromatic heterocycles. The van der Waals surface area contributed by atoms with Crippen molar-refractivity contribution >= 4 is 27.9 Å². The molecule has 1 amide bonds. The Balaban J connectivity index is 1.22. The molecular weight excluding hydrogens is 647 g/mol. The van der Waals surface area contributed by atoms with Crippen LogP contribution >= 0.6 is 0 Å². The van der Waals surface area contributed by atoms with Gasteiger partial charge in [-0.05, 0) is 86.8 Å². The summed E-state index contributed by atoms with van der Waals surface area (Å²) in [6, 6.07) is 36.4. The van der Waals surface area contributed by atoms with E-state index < -0.39 is 15.7 Å². The summed E-state index contributed by atoms with van der Waals surface area (Å²) in [6.07, 6.45) is 0.377. The monoisotopic (exact) mass is 685 g/mol. The van der Waals surface area contributed by atoms with Gasteiger partial charge in [0.1, 0.15) is 39.5 Å². The summed E-state index contributed by atoms with van der Waals surface area (Å²) in [6.45, 7) is 6.41. The molecule has 0 unspecified atom stereocenters. The zero-order chi connectivity index (χ0) is 34.8. The van der Waals surface area contributed by atoms with Gasteiger partial charge in [0.2, 0.25) is 0 Å². The first kappa shape index (κ1) is 33.4. The second-order valence-electron chi connectivity index (χ2n) is 13.4. The van der Waals surface area contributed by atoms with Crippen molar-refractivity contribution in [1.82, 2.24) is 14.6 Å². The van der Waals surface area contributed by atoms with Gasteiger partial charge in [-0.2, -0.15) is 0 Å². The Morgan fingerprint density at radius 2 is 1.64 bits per heavy atom. The second kappa shape index (κ2) is 14.0. The maximum atomic E-state index is 13.8. The number of pyridine rings is 1. The van der Waals surface area contributed by atoms with Gasteiger partial charge in [0.25, 0.3) is 5.91 Å². The standard InChI is InChI=1S/C41H39N3O5S/c1-41(2,3)50(47)44-26-31-23-34(40(46)42-25-27-16-18-33(19-17-27)48-32-13-5-4-6-14-32)43-39(38(31)35(44)20-21-45)30-12-9-11-28(22-30)37-24-29-10-7-8-15-36(29)49-37/h4-19,22-24,35,45H,20-21,25-26H2,1-3H3,(H,42,46)/t35-,50-/m1/s1. The average Bonchev–Trinajstić information content (AvgIpc) is 3.73. The highest BCUT2D eigenvalue weighted by molar-refractivity contribution is 7.84. The molecular formula is C41H39N3O5S. The van der Waals surface area contributed by atoms with Crippen molar-refractivity contribution in [3.8, 4) is 34.1 Å². The molecule has 6 aromatic rings. The summed E-state index contributed by atoms with van der Waals surface area (Å²) < 4.78 is 27.3. The van der Waals surface area contributed by atoms with Crippen molar-refractivity contribution in [3.63, 3.8) is 0 Å². The van der Waals surface area contributed by atoms with Gasteiger partial charge in [0.05, 0.1) is 16.5 Å². The van der Waals surface area contributed by atoms with E-state index in [0.29, 0.717) is 31.0 Å². The largest absolute Gasteiger partial charge is 0.457 e. The van der Waals surface area contributed by atoms with E-state index in [4.69, 9.17) is 14.1 Å². The number of nitrogens with one attached hydrogen (secondary N) is 1. The molecule has 0 fully saturated rings. The number of aliphatic hydroxyl groups is 1. The van der Waals surface area contributed by atoms with Crippen LogP contribution in [0.1, 0.15) is 60.4 Å². The van der Waals surface area contributed by atoms with Crippen LogP contribution in [0.2, 0.25) is 0 Å². The van der Waals surface area contributed by atoms with Crippen LogP contribution in [0.25, 0.3) is 33.6 Å². The Morgan fingerprint density at radius 1 is 0.920 bits per heavy atom. The summed E-state index contributed by atoms with van der Waals surface area (Å²) in [5.74, 6) is 1.86. The Bertz CT molecular complexity index is 2140. The fraction of sp³-hybridized carbons (Fsp3) is 0.220. The van der Waals surface area contributed by atoms with E-state index >= 15 is 0 Å². The van der Waals surface area contributed by atoms with E-state index in [1.54, 1.807) is 6.07 Å². The number of rotatable bonds is 10. The molecule has 50 heavy (non-hydrogen) atoms. The van der Waals surface area contributed by atoms with Crippen molar-refractivity contribution in [3.05, 3.63) is 138 Å². The van der Waals surface area contributed by atoms with Crippen molar-refractivity contribution < 1.29 is 23.3 Å². The topological polar surface area (TPSA) is 105 Å². The highest BCUT2D eigenvalue weighted by atomic mass is 32.2. The quantitative estimate of drug-likeness (QED) is 0.150. The highest BCUT2D eigenvalue weighted by Crippen LogP contribution is 2.44. The average molecular weight is 686 g/mol. The van der Waals surface area contributed by atoms with Crippen molar-refractivity contribution in [2.45, 2.75) is 51.1 Å². The first-order chi connectivity index (χ1) is 24.2. The van der Waals surface area contributed by atoms with Crippen LogP contribution in [-0.2, 0) is 24.1 Å². The molecule has 7 rings (SSSR count). The molecule has 2 atom stereocenters. The van der Waals surface area contributed by atoms with Gasteiger partial charge >= 0.3 is 0 Å². The molecule has 9 heteroatoms. The molecule has 0 saturated carbocycles. The minimum Gasteiger partial charge on any atom is -0.457 e. The van der Waals surface area contributed by atoms with Crippen LogP contribution in [-0.4, -0.2) is 35.9 Å². The Morgan fingerprint density at radius 3 is 2.38 bits per heavy atom. The van der Waals surface area contributed by atoms with Gasteiger partial charge in [-0.25, -0.2) is 13.5 Å². The van der Waals surface area contributed by atoms with E-state index in [1.807, 2.05) is 134 Å². The number of carbonyl (C=O) groups is 1. The molecule has 254 valence electrons. The van der Waals surface area contributed by atoms with Crippen LogP contribution < -0.4 is 10.1 Å². The fourth-order valence-corrected chi connectivity index (χ4v) is 7.72. The first-order valence-electron chi connectivity index (χ1n) is 16.7. The molecule has 0 saturated heterocycles. The highest BCUT2D eigenvalue weighted by Gasteiger charge is 2.40. The van der Waals surface area contributed by atoms with E-state index in [-0.39, 0.29) is 24.2 Å². The number of benzene rings is 4. The van der Waals surface area contributed by atoms with E-state index in [1.165, 1.54) is 0 Å². The molecule has 0 spiro atoms. The third-order valence-electron chi connectivity index (χ3n) is 8.72. The van der Waals surface area contributed by atoms with Crippen LogP contribution in [0.4, 0.5) is 0 Å². The zero-order valence-corrected chi connectivity index (χ0v) is 29.1. The maximum Gasteiger partial charge on any atom is 0.270 e. The van der Waals surface area contributed by atoms with Gasteiger partial charge in [-0.1, -0.05) is 66.7 Å². The van der Waals surface area contributed by atoms with Crippen molar-refractivity contribution in [2.75, 3.05) is 6.61 Å². The Labute approximate surface area is 294 Å². The minimum absolute atomic E-state index is 0.0855. The van der Waals surface area contributed by atoms with Crippen LogP contribution in [0.15, 0.2) is 120 Å². The molecule has 0 bridgehead atoms. The molecule has 0 aliphatic carbocycles. The predicted octanol–water partition coefficient (Wildman–Crippen LogP) is 8.59. The molecule has 3 heterocycles. The number of amides is 1. The second-order valence-corrected chi connectivity index (χ2v) is 15.6. The number of aromatic nitrogens is 1. The predicted molar refractivity (Wildman–Crippen MR) is 197 cm³/mol. The fourth-order valence-electron chi connectivity index (χ4n) is 6.32. The smallest absolute Gasteiger partial charge is 0.270 e. The van der Waals surface area contributed by atoms with Gasteiger partial charge < -0.3 is 19.6 Å². The lowest BCUT2D eigenvalue weighted by Gasteiger charge is -2.30. The van der Waals surface area contributed by atoms with Crippen molar-refractivity contribution in [1.29, 1.82) is 0 Å². The summed E-state index contributed by atoms with van der Waals surface area (Å²) in [5, 5.41) is 14.2. The number of hydrogen-bond donors (Lipinski definition) is 2. The maximum absolute atomic E-state index is 13.8. The van der Waals surface area contributed by atoms with Crippen LogP contribution in [0, 0.1) is 0 Å². The van der Waals surface area contributed by atoms with Crippen LogP contribution in [0.3, 0.4) is 0 Å². The molecule has 2 N–H and O–H groups in total. The summed E-state index contributed by atoms with van der Waals surface area (Å²) >= 11 is 0. The summed E-state index contributed by atoms with van der Waals surface area (Å²) in [5.41, 5.74) is 6.02. The molecule has 4 aromatic carbocycles. The normalized spacial score (nSPS) is 15.2. The van der Waals surface area contributed by atoms with Gasteiger partial charge in [-0.3, -0.25) is 4.79 Å². The third-order valence-corrected chi connectivity index (χ3v) is 10.6. The number of furan rings is 1. The van der Waals surface area contributed by atoms with Gasteiger partial charge in [0, 0.05) is 41.8 Å². The SMILES string of the molecule is CC(C)(C)[S@@](=O)N1Cc2cc(C(=O)NCc3ccc(Oc4ccccc4)cc3)nc(-c3cccc(-c4cc5ccccc5o4)c3)c2[C@H]1CCO. The number of hydrogen-bond acceptors (Lipinski definition) is 6. The lowest BCUT2D eigenvalue weighted by atomic mass is 9.95. The molecule has 8 nitrogen and oxygen atoms in total. The zero-order valence-electron chi connectivity index (χ0n) is 28.3. The molecule has 1 aliphatic heterocycles. The third kappa shape index (κ3) is 6.98. The number of nitrogens with zero attached hydrogens (tertiary/aromatic N) is 2. The molecule has 0 radical (unpaired) electrons. The summed E-state index contributed by atoms with van der Waals surface area (Å²) in [7, 11) is -1.37. The number of ether oxygens (including phenoxy) is 1. The number of para-hydroxylation sites is 2. The Kier molecular flexibility index (Phi) is 9.38. The lowest BCUT2D eigenvalue weighted by molar-refractivity contribution is 0.0946. The van der Waals surface area contributed by atoms with Crippen molar-refractivity contribution in [2.24, 2.45) is 0 Å². The summed E-state index contributed by atoms with van der Waals surface area (Å²) in [4.78, 5) is 18.7. The first-order valence-corrected chi connectivity index (χ1v) is 17.8. The van der Waals surface area contributed by atoms with Crippen LogP contribution in [0.5, 0.6) is 11.5 Å². The molecule has 1 aliphatic rings. The van der Waals surface area contributed by atoms with E-state index in [9.17, 15) is 14.1 Å². The number of fused-ring (bicyclic) bond motifs is 2. The van der Waals surface area contributed by atoms with E-state index in [2.05, 4.69) is 5.32 Å². The van der Waals surface area contributed by atoms with Gasteiger partial charge in [0.15, 0.2) is 0 Å². The lowest BCUT2D eigenvalue weighted by Crippen LogP contribution is -2.36.